The number of halogens is 4. The summed E-state index contributed by atoms with van der Waals surface area (Å²) in [6.07, 6.45) is -0.940. The first-order valence-electron chi connectivity index (χ1n) is 9.24. The average Bonchev–Trinajstić information content (AvgIpc) is 3.33. The van der Waals surface area contributed by atoms with Gasteiger partial charge in [0.1, 0.15) is 5.82 Å². The molecule has 0 saturated carbocycles. The third-order valence-electron chi connectivity index (χ3n) is 5.21. The van der Waals surface area contributed by atoms with Gasteiger partial charge in [0.15, 0.2) is 0 Å². The monoisotopic (exact) mass is 406 g/mol. The van der Waals surface area contributed by atoms with E-state index in [1.165, 1.54) is 24.3 Å². The first kappa shape index (κ1) is 18.4. The molecule has 1 aromatic heterocycles. The van der Waals surface area contributed by atoms with Crippen molar-refractivity contribution in [2.75, 3.05) is 0 Å². The number of hydrogen-bond donors (Lipinski definition) is 1. The van der Waals surface area contributed by atoms with E-state index in [1.807, 2.05) is 24.3 Å². The summed E-state index contributed by atoms with van der Waals surface area (Å²) in [4.78, 5) is 7.52. The van der Waals surface area contributed by atoms with Crippen LogP contribution in [-0.2, 0) is 6.18 Å². The van der Waals surface area contributed by atoms with Crippen LogP contribution in [0.15, 0.2) is 77.9 Å². The molecule has 0 radical (unpaired) electrons. The number of fused-ring (bicyclic) bond motifs is 2. The van der Waals surface area contributed by atoms with E-state index in [1.54, 1.807) is 18.5 Å². The Balaban J connectivity index is 1.78. The Bertz CT molecular complexity index is 1330. The van der Waals surface area contributed by atoms with Crippen molar-refractivity contribution in [1.29, 1.82) is 0 Å². The molecule has 2 nitrogen and oxygen atoms in total. The molecule has 0 atom stereocenters. The van der Waals surface area contributed by atoms with E-state index in [9.17, 15) is 17.6 Å². The molecule has 0 saturated heterocycles. The van der Waals surface area contributed by atoms with E-state index in [-0.39, 0.29) is 5.82 Å². The molecular weight excluding hydrogens is 392 g/mol. The van der Waals surface area contributed by atoms with Crippen molar-refractivity contribution < 1.29 is 17.6 Å². The fraction of sp³-hybridized carbons (Fsp3) is 0.0417. The number of alkyl halides is 3. The van der Waals surface area contributed by atoms with Crippen LogP contribution < -0.4 is 0 Å². The van der Waals surface area contributed by atoms with Crippen molar-refractivity contribution in [2.45, 2.75) is 6.18 Å². The predicted octanol–water partition coefficient (Wildman–Crippen LogP) is 7.00. The van der Waals surface area contributed by atoms with Gasteiger partial charge in [-0.25, -0.2) is 4.39 Å². The number of aromatic nitrogens is 1. The maximum atomic E-state index is 13.7. The molecule has 30 heavy (non-hydrogen) atoms. The summed E-state index contributed by atoms with van der Waals surface area (Å²) >= 11 is 0. The van der Waals surface area contributed by atoms with E-state index in [0.717, 1.165) is 45.5 Å². The molecule has 1 N–H and O–H groups in total. The largest absolute Gasteiger partial charge is 0.416 e. The molecule has 0 fully saturated rings. The SMILES string of the molecule is Fc1ccc2c(/C(=C3\C=Nc4ccccc43)c3ccc(C(F)(F)F)cc3)c[nH]c2c1. The second-order valence-corrected chi connectivity index (χ2v) is 7.03. The van der Waals surface area contributed by atoms with E-state index >= 15 is 0 Å². The first-order chi connectivity index (χ1) is 14.4. The van der Waals surface area contributed by atoms with Crippen molar-refractivity contribution in [3.05, 3.63) is 101 Å². The third-order valence-corrected chi connectivity index (χ3v) is 5.21. The quantitative estimate of drug-likeness (QED) is 0.347. The van der Waals surface area contributed by atoms with Crippen LogP contribution in [0, 0.1) is 5.82 Å². The second-order valence-electron chi connectivity index (χ2n) is 7.03. The number of nitrogens with one attached hydrogen (secondary N) is 1. The number of aliphatic imine (C=N–C) groups is 1. The Kier molecular flexibility index (Phi) is 4.10. The average molecular weight is 406 g/mol. The molecule has 148 valence electrons. The topological polar surface area (TPSA) is 28.1 Å². The molecule has 5 rings (SSSR count). The van der Waals surface area contributed by atoms with Crippen LogP contribution in [0.3, 0.4) is 0 Å². The Morgan fingerprint density at radius 1 is 0.900 bits per heavy atom. The number of rotatable bonds is 2. The van der Waals surface area contributed by atoms with Crippen LogP contribution >= 0.6 is 0 Å². The minimum absolute atomic E-state index is 0.368. The lowest BCUT2D eigenvalue weighted by atomic mass is 9.89. The number of nitrogens with zero attached hydrogens (tertiary/aromatic N) is 1. The van der Waals surface area contributed by atoms with Crippen LogP contribution in [-0.4, -0.2) is 11.2 Å². The van der Waals surface area contributed by atoms with Crippen molar-refractivity contribution in [3.63, 3.8) is 0 Å². The maximum Gasteiger partial charge on any atom is 0.416 e. The summed E-state index contributed by atoms with van der Waals surface area (Å²) < 4.78 is 52.9. The van der Waals surface area contributed by atoms with Gasteiger partial charge in [-0.1, -0.05) is 30.3 Å². The summed E-state index contributed by atoms with van der Waals surface area (Å²) in [5.74, 6) is -0.368. The molecule has 0 unspecified atom stereocenters. The van der Waals surface area contributed by atoms with Crippen LogP contribution in [0.25, 0.3) is 22.0 Å². The highest BCUT2D eigenvalue weighted by atomic mass is 19.4. The van der Waals surface area contributed by atoms with Crippen LogP contribution in [0.5, 0.6) is 0 Å². The number of aromatic amines is 1. The third kappa shape index (κ3) is 3.01. The minimum atomic E-state index is -4.41. The van der Waals surface area contributed by atoms with E-state index in [0.29, 0.717) is 11.1 Å². The fourth-order valence-corrected chi connectivity index (χ4v) is 3.80. The molecule has 1 aliphatic heterocycles. The summed E-state index contributed by atoms with van der Waals surface area (Å²) in [6.45, 7) is 0. The van der Waals surface area contributed by atoms with Gasteiger partial charge >= 0.3 is 6.18 Å². The molecule has 0 bridgehead atoms. The van der Waals surface area contributed by atoms with Gasteiger partial charge in [-0.15, -0.1) is 0 Å². The van der Waals surface area contributed by atoms with Crippen molar-refractivity contribution in [3.8, 4) is 0 Å². The zero-order valence-electron chi connectivity index (χ0n) is 15.5. The summed E-state index contributed by atoms with van der Waals surface area (Å²) in [5, 5.41) is 0.775. The molecular formula is C24H14F4N2. The lowest BCUT2D eigenvalue weighted by Crippen LogP contribution is -2.04. The van der Waals surface area contributed by atoms with Gasteiger partial charge in [0, 0.05) is 45.6 Å². The van der Waals surface area contributed by atoms with Crippen LogP contribution in [0.1, 0.15) is 22.3 Å². The van der Waals surface area contributed by atoms with E-state index in [4.69, 9.17) is 0 Å². The molecule has 1 aliphatic rings. The van der Waals surface area contributed by atoms with E-state index in [2.05, 4.69) is 9.98 Å². The number of hydrogen-bond acceptors (Lipinski definition) is 1. The molecule has 6 heteroatoms. The normalized spacial score (nSPS) is 14.9. The summed E-state index contributed by atoms with van der Waals surface area (Å²) in [6, 6.07) is 17.1. The summed E-state index contributed by atoms with van der Waals surface area (Å²) in [5.41, 5.74) is 4.50. The zero-order valence-corrected chi connectivity index (χ0v) is 15.5. The molecule has 0 spiro atoms. The number of allylic oxidation sites excluding steroid dienone is 1. The Hall–Kier alpha value is -3.67. The Morgan fingerprint density at radius 2 is 1.67 bits per heavy atom. The fourth-order valence-electron chi connectivity index (χ4n) is 3.80. The van der Waals surface area contributed by atoms with Gasteiger partial charge in [-0.05, 0) is 42.0 Å². The number of H-pyrrole nitrogens is 1. The van der Waals surface area contributed by atoms with Gasteiger partial charge in [0.05, 0.1) is 11.3 Å². The highest BCUT2D eigenvalue weighted by molar-refractivity contribution is 6.27. The Labute approximate surface area is 169 Å². The number of para-hydroxylation sites is 1. The zero-order chi connectivity index (χ0) is 20.9. The Morgan fingerprint density at radius 3 is 2.43 bits per heavy atom. The highest BCUT2D eigenvalue weighted by Crippen LogP contribution is 2.41. The van der Waals surface area contributed by atoms with Gasteiger partial charge in [0.2, 0.25) is 0 Å². The highest BCUT2D eigenvalue weighted by Gasteiger charge is 2.30. The van der Waals surface area contributed by atoms with Gasteiger partial charge < -0.3 is 4.98 Å². The standard InChI is InChI=1S/C24H14F4N2/c25-16-9-10-18-20(13-30-22(18)11-16)23(14-5-7-15(8-6-14)24(26,27)28)19-12-29-21-4-2-1-3-17(19)21/h1-13,30H/b23-19+. The lowest BCUT2D eigenvalue weighted by Gasteiger charge is -2.13. The van der Waals surface area contributed by atoms with Crippen LogP contribution in [0.2, 0.25) is 0 Å². The van der Waals surface area contributed by atoms with Gasteiger partial charge in [-0.2, -0.15) is 13.2 Å². The van der Waals surface area contributed by atoms with E-state index < -0.39 is 11.7 Å². The molecule has 0 aliphatic carbocycles. The van der Waals surface area contributed by atoms with Crippen molar-refractivity contribution in [1.82, 2.24) is 4.98 Å². The molecule has 4 aromatic rings. The predicted molar refractivity (Wildman–Crippen MR) is 110 cm³/mol. The van der Waals surface area contributed by atoms with Crippen molar-refractivity contribution >= 4 is 34.0 Å². The van der Waals surface area contributed by atoms with Crippen LogP contribution in [0.4, 0.5) is 23.2 Å². The number of benzene rings is 3. The lowest BCUT2D eigenvalue weighted by molar-refractivity contribution is -0.137. The molecule has 0 amide bonds. The molecule has 2 heterocycles. The molecule has 3 aromatic carbocycles. The summed E-state index contributed by atoms with van der Waals surface area (Å²) in [7, 11) is 0. The smallest absolute Gasteiger partial charge is 0.360 e. The van der Waals surface area contributed by atoms with Crippen molar-refractivity contribution in [2.24, 2.45) is 4.99 Å². The van der Waals surface area contributed by atoms with Gasteiger partial charge in [0.25, 0.3) is 0 Å². The first-order valence-corrected chi connectivity index (χ1v) is 9.24. The maximum absolute atomic E-state index is 13.7. The van der Waals surface area contributed by atoms with Gasteiger partial charge in [-0.3, -0.25) is 4.99 Å². The minimum Gasteiger partial charge on any atom is -0.360 e. The second kappa shape index (κ2) is 6.69.